The van der Waals surface area contributed by atoms with Crippen LogP contribution in [0.4, 0.5) is 5.69 Å². The van der Waals surface area contributed by atoms with Gasteiger partial charge in [0.1, 0.15) is 0 Å². The molecule has 1 aliphatic rings. The second kappa shape index (κ2) is 7.49. The Labute approximate surface area is 136 Å². The minimum absolute atomic E-state index is 0.0597. The predicted molar refractivity (Wildman–Crippen MR) is 90.9 cm³/mol. The van der Waals surface area contributed by atoms with E-state index in [9.17, 15) is 9.59 Å². The van der Waals surface area contributed by atoms with E-state index in [1.807, 2.05) is 44.2 Å². The Hall–Kier alpha value is -1.75. The average molecular weight is 318 g/mol. The van der Waals surface area contributed by atoms with Gasteiger partial charge in [0.05, 0.1) is 11.6 Å². The first kappa shape index (κ1) is 16.6. The molecule has 1 aliphatic heterocycles. The first-order chi connectivity index (χ1) is 10.5. The first-order valence-corrected chi connectivity index (χ1v) is 8.44. The smallest absolute Gasteiger partial charge is 0.229 e. The van der Waals surface area contributed by atoms with Crippen molar-refractivity contribution in [3.8, 4) is 0 Å². The van der Waals surface area contributed by atoms with Gasteiger partial charge in [0.15, 0.2) is 0 Å². The van der Waals surface area contributed by atoms with Crippen LogP contribution in [0.3, 0.4) is 0 Å². The van der Waals surface area contributed by atoms with Gasteiger partial charge in [-0.25, -0.2) is 0 Å². The van der Waals surface area contributed by atoms with Gasteiger partial charge in [-0.05, 0) is 26.0 Å². The molecule has 2 rings (SSSR count). The highest BCUT2D eigenvalue weighted by atomic mass is 32.2. The number of hydrogen-bond donors (Lipinski definition) is 1. The molecule has 1 heterocycles. The van der Waals surface area contributed by atoms with Crippen molar-refractivity contribution in [2.45, 2.75) is 31.2 Å². The Kier molecular flexibility index (Phi) is 5.66. The molecule has 1 N–H and O–H groups in total. The molecule has 0 aliphatic carbocycles. The molecule has 0 aromatic heterocycles. The van der Waals surface area contributed by atoms with Gasteiger partial charge in [0.2, 0.25) is 11.8 Å². The fraction of sp³-hybridized carbons (Fsp3) is 0.412. The number of carbonyl (C=O) groups excluding carboxylic acids is 2. The molecule has 1 aromatic rings. The van der Waals surface area contributed by atoms with Crippen molar-refractivity contribution in [2.75, 3.05) is 17.6 Å². The third-order valence-electron chi connectivity index (χ3n) is 3.65. The highest BCUT2D eigenvalue weighted by Gasteiger charge is 2.35. The third-order valence-corrected chi connectivity index (χ3v) is 4.72. The number of hydrogen-bond acceptors (Lipinski definition) is 3. The maximum Gasteiger partial charge on any atom is 0.229 e. The van der Waals surface area contributed by atoms with Crippen molar-refractivity contribution in [3.63, 3.8) is 0 Å². The number of nitrogens with zero attached hydrogens (tertiary/aromatic N) is 1. The number of thioether (sulfide) groups is 1. The van der Waals surface area contributed by atoms with Gasteiger partial charge in [-0.1, -0.05) is 18.2 Å². The monoisotopic (exact) mass is 318 g/mol. The molecule has 2 amide bonds. The molecule has 0 saturated carbocycles. The third kappa shape index (κ3) is 3.91. The van der Waals surface area contributed by atoms with Crippen LogP contribution in [0.15, 0.2) is 41.8 Å². The number of amides is 2. The van der Waals surface area contributed by atoms with Crippen LogP contribution in [0.5, 0.6) is 0 Å². The van der Waals surface area contributed by atoms with Crippen molar-refractivity contribution < 1.29 is 9.59 Å². The summed E-state index contributed by atoms with van der Waals surface area (Å²) in [6.07, 6.45) is 2.13. The number of para-hydroxylation sites is 1. The summed E-state index contributed by atoms with van der Waals surface area (Å²) >= 11 is 1.63. The second-order valence-electron chi connectivity index (χ2n) is 5.63. The highest BCUT2D eigenvalue weighted by molar-refractivity contribution is 7.99. The van der Waals surface area contributed by atoms with E-state index in [2.05, 4.69) is 11.9 Å². The van der Waals surface area contributed by atoms with Gasteiger partial charge < -0.3 is 10.2 Å². The molecule has 1 fully saturated rings. The fourth-order valence-corrected chi connectivity index (χ4v) is 3.23. The van der Waals surface area contributed by atoms with E-state index in [1.165, 1.54) is 0 Å². The van der Waals surface area contributed by atoms with Crippen LogP contribution in [0.2, 0.25) is 0 Å². The molecule has 0 radical (unpaired) electrons. The Balaban J connectivity index is 2.04. The van der Waals surface area contributed by atoms with Gasteiger partial charge in [0, 0.05) is 29.7 Å². The van der Waals surface area contributed by atoms with Gasteiger partial charge >= 0.3 is 0 Å². The maximum atomic E-state index is 12.4. The van der Waals surface area contributed by atoms with E-state index in [0.717, 1.165) is 16.3 Å². The second-order valence-corrected chi connectivity index (χ2v) is 6.69. The molecule has 1 unspecified atom stereocenters. The standard InChI is InChI=1S/C17H22N2O2S/c1-4-9-22-15-8-6-5-7-14(15)18-17(21)13-10-16(20)19(11-13)12(2)3/h4-8,12-13H,1,9-11H2,2-3H3,(H,18,21). The molecule has 1 aromatic carbocycles. The van der Waals surface area contributed by atoms with E-state index < -0.39 is 0 Å². The molecular weight excluding hydrogens is 296 g/mol. The van der Waals surface area contributed by atoms with Crippen molar-refractivity contribution in [2.24, 2.45) is 5.92 Å². The van der Waals surface area contributed by atoms with Gasteiger partial charge in [-0.3, -0.25) is 9.59 Å². The van der Waals surface area contributed by atoms with Crippen molar-refractivity contribution >= 4 is 29.3 Å². The zero-order valence-electron chi connectivity index (χ0n) is 13.0. The van der Waals surface area contributed by atoms with Gasteiger partial charge in [0.25, 0.3) is 0 Å². The molecule has 1 atom stereocenters. The highest BCUT2D eigenvalue weighted by Crippen LogP contribution is 2.28. The largest absolute Gasteiger partial charge is 0.339 e. The lowest BCUT2D eigenvalue weighted by atomic mass is 10.1. The maximum absolute atomic E-state index is 12.4. The molecule has 118 valence electrons. The molecule has 22 heavy (non-hydrogen) atoms. The molecule has 0 bridgehead atoms. The van der Waals surface area contributed by atoms with Crippen LogP contribution in [-0.4, -0.2) is 35.1 Å². The van der Waals surface area contributed by atoms with Crippen LogP contribution < -0.4 is 5.32 Å². The normalized spacial score (nSPS) is 17.9. The summed E-state index contributed by atoms with van der Waals surface area (Å²) in [5, 5.41) is 2.97. The Morgan fingerprint density at radius 2 is 2.23 bits per heavy atom. The molecular formula is C17H22N2O2S. The van der Waals surface area contributed by atoms with Crippen LogP contribution in [0, 0.1) is 5.92 Å². The first-order valence-electron chi connectivity index (χ1n) is 7.46. The van der Waals surface area contributed by atoms with Crippen LogP contribution in [-0.2, 0) is 9.59 Å². The summed E-state index contributed by atoms with van der Waals surface area (Å²) in [5.74, 6) is 0.496. The number of nitrogens with one attached hydrogen (secondary N) is 1. The van der Waals surface area contributed by atoms with Crippen molar-refractivity contribution in [3.05, 3.63) is 36.9 Å². The van der Waals surface area contributed by atoms with E-state index in [4.69, 9.17) is 0 Å². The molecule has 1 saturated heterocycles. The van der Waals surface area contributed by atoms with E-state index >= 15 is 0 Å². The Bertz CT molecular complexity index is 572. The minimum atomic E-state index is -0.271. The average Bonchev–Trinajstić information content (AvgIpc) is 2.88. The zero-order chi connectivity index (χ0) is 16.1. The van der Waals surface area contributed by atoms with Crippen molar-refractivity contribution in [1.29, 1.82) is 0 Å². The number of benzene rings is 1. The lowest BCUT2D eigenvalue weighted by Gasteiger charge is -2.20. The van der Waals surface area contributed by atoms with E-state index in [-0.39, 0.29) is 23.8 Å². The fourth-order valence-electron chi connectivity index (χ4n) is 2.49. The summed E-state index contributed by atoms with van der Waals surface area (Å²) in [6.45, 7) is 8.16. The number of anilines is 1. The number of likely N-dealkylation sites (tertiary alicyclic amines) is 1. The SMILES string of the molecule is C=CCSc1ccccc1NC(=O)C1CC(=O)N(C(C)C)C1. The predicted octanol–water partition coefficient (Wildman–Crippen LogP) is 3.16. The Morgan fingerprint density at radius 3 is 2.86 bits per heavy atom. The Morgan fingerprint density at radius 1 is 1.50 bits per heavy atom. The lowest BCUT2D eigenvalue weighted by Crippen LogP contribution is -2.33. The number of carbonyl (C=O) groups is 2. The molecule has 5 heteroatoms. The van der Waals surface area contributed by atoms with E-state index in [0.29, 0.717) is 13.0 Å². The van der Waals surface area contributed by atoms with Crippen LogP contribution >= 0.6 is 11.8 Å². The molecule has 0 spiro atoms. The summed E-state index contributed by atoms with van der Waals surface area (Å²) in [4.78, 5) is 27.1. The van der Waals surface area contributed by atoms with Gasteiger partial charge in [-0.2, -0.15) is 0 Å². The van der Waals surface area contributed by atoms with Gasteiger partial charge in [-0.15, -0.1) is 18.3 Å². The summed E-state index contributed by atoms with van der Waals surface area (Å²) in [5.41, 5.74) is 0.801. The van der Waals surface area contributed by atoms with Crippen LogP contribution in [0.1, 0.15) is 20.3 Å². The minimum Gasteiger partial charge on any atom is -0.339 e. The van der Waals surface area contributed by atoms with Crippen molar-refractivity contribution in [1.82, 2.24) is 4.90 Å². The number of rotatable bonds is 6. The van der Waals surface area contributed by atoms with Crippen LogP contribution in [0.25, 0.3) is 0 Å². The quantitative estimate of drug-likeness (QED) is 0.647. The van der Waals surface area contributed by atoms with E-state index in [1.54, 1.807) is 16.7 Å². The molecule has 4 nitrogen and oxygen atoms in total. The topological polar surface area (TPSA) is 49.4 Å². The zero-order valence-corrected chi connectivity index (χ0v) is 13.9. The lowest BCUT2D eigenvalue weighted by molar-refractivity contribution is -0.129. The summed E-state index contributed by atoms with van der Waals surface area (Å²) < 4.78 is 0. The summed E-state index contributed by atoms with van der Waals surface area (Å²) in [7, 11) is 0. The summed E-state index contributed by atoms with van der Waals surface area (Å²) in [6, 6.07) is 7.85.